The van der Waals surface area contributed by atoms with Crippen LogP contribution in [0.4, 0.5) is 0 Å². The number of hydrogen-bond acceptors (Lipinski definition) is 5. The number of nitrogens with zero attached hydrogens (tertiary/aromatic N) is 1. The molecular weight excluding hydrogens is 386 g/mol. The number of aliphatic carboxylic acids is 2. The second-order valence-electron chi connectivity index (χ2n) is 6.57. The molecule has 30 heavy (non-hydrogen) atoms. The molecule has 0 bridgehead atoms. The second-order valence-corrected chi connectivity index (χ2v) is 6.57. The van der Waals surface area contributed by atoms with Crippen molar-refractivity contribution in [1.29, 1.82) is 0 Å². The predicted molar refractivity (Wildman–Crippen MR) is 113 cm³/mol. The van der Waals surface area contributed by atoms with Crippen molar-refractivity contribution in [2.24, 2.45) is 0 Å². The third-order valence-corrected chi connectivity index (χ3v) is 4.32. The summed E-state index contributed by atoms with van der Waals surface area (Å²) in [5.74, 6) is -2.72. The number of carboxylic acid groups (broad SMARTS) is 2. The SMILES string of the molecule is CCOc1ccccc1/C=C/C1CN(Cc2ccccc2)CCO1.O=C(O)C(=O)O. The molecule has 1 aliphatic rings. The molecule has 160 valence electrons. The number of para-hydroxylation sites is 1. The Labute approximate surface area is 176 Å². The first-order chi connectivity index (χ1) is 14.5. The largest absolute Gasteiger partial charge is 0.493 e. The molecule has 2 N–H and O–H groups in total. The molecular formula is C23H27NO6. The molecule has 3 rings (SSSR count). The minimum atomic E-state index is -1.82. The van der Waals surface area contributed by atoms with Gasteiger partial charge in [0, 0.05) is 25.2 Å². The number of hydrogen-bond donors (Lipinski definition) is 2. The summed E-state index contributed by atoms with van der Waals surface area (Å²) in [5, 5.41) is 14.8. The maximum absolute atomic E-state index is 9.10. The van der Waals surface area contributed by atoms with Crippen molar-refractivity contribution in [3.8, 4) is 5.75 Å². The van der Waals surface area contributed by atoms with Crippen molar-refractivity contribution in [1.82, 2.24) is 4.90 Å². The van der Waals surface area contributed by atoms with E-state index in [-0.39, 0.29) is 6.10 Å². The van der Waals surface area contributed by atoms with Gasteiger partial charge in [0.15, 0.2) is 0 Å². The Morgan fingerprint density at radius 1 is 1.10 bits per heavy atom. The molecule has 0 aliphatic carbocycles. The number of rotatable bonds is 6. The van der Waals surface area contributed by atoms with Crippen LogP contribution in [0.15, 0.2) is 60.7 Å². The summed E-state index contributed by atoms with van der Waals surface area (Å²) in [4.78, 5) is 20.6. The average molecular weight is 413 g/mol. The zero-order chi connectivity index (χ0) is 21.8. The summed E-state index contributed by atoms with van der Waals surface area (Å²) in [6.07, 6.45) is 4.38. The highest BCUT2D eigenvalue weighted by molar-refractivity contribution is 6.27. The molecule has 1 aliphatic heterocycles. The van der Waals surface area contributed by atoms with Crippen LogP contribution in [0.5, 0.6) is 5.75 Å². The fraction of sp³-hybridized carbons (Fsp3) is 0.304. The summed E-state index contributed by atoms with van der Waals surface area (Å²) >= 11 is 0. The van der Waals surface area contributed by atoms with Crippen LogP contribution < -0.4 is 4.74 Å². The van der Waals surface area contributed by atoms with Crippen LogP contribution in [-0.4, -0.2) is 59.5 Å². The zero-order valence-corrected chi connectivity index (χ0v) is 16.9. The first-order valence-corrected chi connectivity index (χ1v) is 9.73. The lowest BCUT2D eigenvalue weighted by Gasteiger charge is -2.31. The predicted octanol–water partition coefficient (Wildman–Crippen LogP) is 3.16. The number of ether oxygens (including phenoxy) is 2. The van der Waals surface area contributed by atoms with Crippen molar-refractivity contribution >= 4 is 18.0 Å². The van der Waals surface area contributed by atoms with Gasteiger partial charge in [-0.1, -0.05) is 60.7 Å². The van der Waals surface area contributed by atoms with Gasteiger partial charge in [0.2, 0.25) is 0 Å². The lowest BCUT2D eigenvalue weighted by atomic mass is 10.1. The molecule has 1 saturated heterocycles. The van der Waals surface area contributed by atoms with E-state index >= 15 is 0 Å². The first kappa shape index (κ1) is 23.1. The first-order valence-electron chi connectivity index (χ1n) is 9.73. The topological polar surface area (TPSA) is 96.3 Å². The van der Waals surface area contributed by atoms with E-state index in [2.05, 4.69) is 53.5 Å². The van der Waals surface area contributed by atoms with Gasteiger partial charge in [-0.25, -0.2) is 9.59 Å². The molecule has 2 aromatic carbocycles. The van der Waals surface area contributed by atoms with Crippen molar-refractivity contribution < 1.29 is 29.3 Å². The smallest absolute Gasteiger partial charge is 0.414 e. The standard InChI is InChI=1S/C21H25NO2.C2H2O4/c1-2-23-21-11-7-6-10-19(21)12-13-20-17-22(14-15-24-20)16-18-8-4-3-5-9-18;3-1(4)2(5)6/h3-13,20H,2,14-17H2,1H3;(H,3,4)(H,5,6)/b13-12+;. The van der Waals surface area contributed by atoms with Crippen molar-refractivity contribution in [3.63, 3.8) is 0 Å². The molecule has 7 nitrogen and oxygen atoms in total. The van der Waals surface area contributed by atoms with Gasteiger partial charge in [0.25, 0.3) is 0 Å². The van der Waals surface area contributed by atoms with Crippen LogP contribution in [0.25, 0.3) is 6.08 Å². The molecule has 1 atom stereocenters. The molecule has 0 aromatic heterocycles. The van der Waals surface area contributed by atoms with E-state index < -0.39 is 11.9 Å². The quantitative estimate of drug-likeness (QED) is 0.702. The number of carbonyl (C=O) groups is 2. The lowest BCUT2D eigenvalue weighted by molar-refractivity contribution is -0.159. The van der Waals surface area contributed by atoms with Gasteiger partial charge in [0.1, 0.15) is 5.75 Å². The molecule has 0 amide bonds. The Morgan fingerprint density at radius 2 is 1.77 bits per heavy atom. The minimum absolute atomic E-state index is 0.122. The summed E-state index contributed by atoms with van der Waals surface area (Å²) in [7, 11) is 0. The number of carboxylic acids is 2. The number of morpholine rings is 1. The highest BCUT2D eigenvalue weighted by atomic mass is 16.5. The van der Waals surface area contributed by atoms with E-state index in [1.54, 1.807) is 0 Å². The molecule has 0 spiro atoms. The van der Waals surface area contributed by atoms with Gasteiger partial charge in [-0.05, 0) is 18.6 Å². The van der Waals surface area contributed by atoms with Crippen LogP contribution in [0, 0.1) is 0 Å². The summed E-state index contributed by atoms with van der Waals surface area (Å²) in [6.45, 7) is 6.33. The van der Waals surface area contributed by atoms with Crippen LogP contribution >= 0.6 is 0 Å². The molecule has 2 aromatic rings. The normalized spacial score (nSPS) is 16.5. The zero-order valence-electron chi connectivity index (χ0n) is 16.9. The second kappa shape index (κ2) is 12.4. The monoisotopic (exact) mass is 413 g/mol. The Kier molecular flexibility index (Phi) is 9.57. The van der Waals surface area contributed by atoms with E-state index in [9.17, 15) is 0 Å². The fourth-order valence-electron chi connectivity index (χ4n) is 2.95. The highest BCUT2D eigenvalue weighted by Crippen LogP contribution is 2.20. The van der Waals surface area contributed by atoms with Gasteiger partial charge in [-0.2, -0.15) is 0 Å². The molecule has 1 fully saturated rings. The van der Waals surface area contributed by atoms with Crippen LogP contribution in [0.3, 0.4) is 0 Å². The Morgan fingerprint density at radius 3 is 2.43 bits per heavy atom. The summed E-state index contributed by atoms with van der Waals surface area (Å²) < 4.78 is 11.6. The molecule has 1 unspecified atom stereocenters. The fourth-order valence-corrected chi connectivity index (χ4v) is 2.95. The summed E-state index contributed by atoms with van der Waals surface area (Å²) in [6, 6.07) is 18.7. The average Bonchev–Trinajstić information content (AvgIpc) is 2.75. The molecule has 7 heteroatoms. The van der Waals surface area contributed by atoms with Crippen LogP contribution in [-0.2, 0) is 20.9 Å². The lowest BCUT2D eigenvalue weighted by Crippen LogP contribution is -2.41. The van der Waals surface area contributed by atoms with Gasteiger partial charge in [-0.15, -0.1) is 0 Å². The van der Waals surface area contributed by atoms with E-state index in [0.29, 0.717) is 6.61 Å². The minimum Gasteiger partial charge on any atom is -0.493 e. The van der Waals surface area contributed by atoms with E-state index in [1.165, 1.54) is 5.56 Å². The molecule has 0 saturated carbocycles. The van der Waals surface area contributed by atoms with E-state index in [4.69, 9.17) is 29.3 Å². The Balaban J connectivity index is 0.000000469. The molecule has 1 heterocycles. The third-order valence-electron chi connectivity index (χ3n) is 4.32. The maximum atomic E-state index is 9.10. The number of benzene rings is 2. The van der Waals surface area contributed by atoms with E-state index in [1.807, 2.05) is 25.1 Å². The highest BCUT2D eigenvalue weighted by Gasteiger charge is 2.18. The van der Waals surface area contributed by atoms with Gasteiger partial charge >= 0.3 is 11.9 Å². The van der Waals surface area contributed by atoms with Crippen LogP contribution in [0.2, 0.25) is 0 Å². The molecule has 0 radical (unpaired) electrons. The van der Waals surface area contributed by atoms with E-state index in [0.717, 1.165) is 37.6 Å². The Bertz CT molecular complexity index is 825. The maximum Gasteiger partial charge on any atom is 0.414 e. The van der Waals surface area contributed by atoms with Crippen LogP contribution in [0.1, 0.15) is 18.1 Å². The van der Waals surface area contributed by atoms with Crippen molar-refractivity contribution in [2.75, 3.05) is 26.3 Å². The summed E-state index contributed by atoms with van der Waals surface area (Å²) in [5.41, 5.74) is 2.45. The third kappa shape index (κ3) is 8.06. The van der Waals surface area contributed by atoms with Crippen molar-refractivity contribution in [2.45, 2.75) is 19.6 Å². The van der Waals surface area contributed by atoms with Crippen molar-refractivity contribution in [3.05, 3.63) is 71.8 Å². The van der Waals surface area contributed by atoms with Gasteiger partial charge < -0.3 is 19.7 Å². The Hall–Kier alpha value is -3.16. The van der Waals surface area contributed by atoms with Gasteiger partial charge in [-0.3, -0.25) is 4.90 Å². The van der Waals surface area contributed by atoms with Gasteiger partial charge in [0.05, 0.1) is 19.3 Å².